The first-order chi connectivity index (χ1) is 23.7. The van der Waals surface area contributed by atoms with Crippen LogP contribution in [0.4, 0.5) is 20.4 Å². The number of benzene rings is 1. The van der Waals surface area contributed by atoms with Gasteiger partial charge in [-0.05, 0) is 64.2 Å². The number of alkyl halides is 2. The summed E-state index contributed by atoms with van der Waals surface area (Å²) < 4.78 is 49.7. The molecule has 3 heterocycles. The Morgan fingerprint density at radius 1 is 1.08 bits per heavy atom. The van der Waals surface area contributed by atoms with Crippen LogP contribution < -0.4 is 20.1 Å². The molecule has 3 aromatic rings. The molecule has 2 aromatic heterocycles. The minimum atomic E-state index is -2.54. The van der Waals surface area contributed by atoms with E-state index in [2.05, 4.69) is 45.4 Å². The zero-order valence-corrected chi connectivity index (χ0v) is 28.1. The van der Waals surface area contributed by atoms with E-state index in [9.17, 15) is 14.0 Å². The Bertz CT molecular complexity index is 1530. The first-order valence-corrected chi connectivity index (χ1v) is 16.7. The van der Waals surface area contributed by atoms with Crippen molar-refractivity contribution in [2.24, 2.45) is 0 Å². The number of rotatable bonds is 16. The van der Waals surface area contributed by atoms with E-state index in [1.165, 1.54) is 0 Å². The van der Waals surface area contributed by atoms with Crippen LogP contribution in [0.2, 0.25) is 0 Å². The standard InChI is InChI=1S/C34H45F2N9O4/c1-22(14-39-21-38)49-31-12-25(4-5-26(31)13-37)27-15-40-34(41-16-27)42-30-19-45(43-33(30)47-11-10-46-20-32(35)36)29-8-6-28(7-9-29)44-17-23(2)48-24(3)18-44/h4-5,12,15-16,19,21-24,28-29,32H,6-11,14,17-18,20H2,1-3H3,(H2,38,39)(H,40,41,42)/t22-,23-,24?,28-,29-/m0/s1. The molecule has 3 atom stereocenters. The van der Waals surface area contributed by atoms with Crippen LogP contribution >= 0.6 is 0 Å². The monoisotopic (exact) mass is 681 g/mol. The summed E-state index contributed by atoms with van der Waals surface area (Å²) in [4.78, 5) is 11.6. The van der Waals surface area contributed by atoms with Gasteiger partial charge in [-0.2, -0.15) is 5.26 Å². The van der Waals surface area contributed by atoms with E-state index in [1.54, 1.807) is 30.6 Å². The predicted octanol–water partition coefficient (Wildman–Crippen LogP) is 5.17. The maximum atomic E-state index is 12.5. The number of aromatic nitrogens is 4. The van der Waals surface area contributed by atoms with E-state index >= 15 is 0 Å². The lowest BCUT2D eigenvalue weighted by atomic mass is 9.89. The fourth-order valence-corrected chi connectivity index (χ4v) is 6.37. The van der Waals surface area contributed by atoms with Crippen molar-refractivity contribution in [1.29, 1.82) is 10.7 Å². The van der Waals surface area contributed by atoms with Crippen molar-refractivity contribution in [3.8, 4) is 28.8 Å². The Hall–Kier alpha value is -4.39. The number of nitrogens with one attached hydrogen (secondary N) is 3. The van der Waals surface area contributed by atoms with E-state index in [4.69, 9.17) is 29.5 Å². The zero-order chi connectivity index (χ0) is 34.8. The van der Waals surface area contributed by atoms with Crippen LogP contribution in [0, 0.1) is 16.7 Å². The van der Waals surface area contributed by atoms with Crippen LogP contribution in [0.5, 0.6) is 11.6 Å². The molecule has 264 valence electrons. The van der Waals surface area contributed by atoms with Crippen LogP contribution in [0.15, 0.2) is 36.8 Å². The van der Waals surface area contributed by atoms with Gasteiger partial charge in [0.25, 0.3) is 12.3 Å². The lowest BCUT2D eigenvalue weighted by molar-refractivity contribution is -0.0852. The highest BCUT2D eigenvalue weighted by Gasteiger charge is 2.32. The van der Waals surface area contributed by atoms with Crippen molar-refractivity contribution >= 4 is 18.0 Å². The van der Waals surface area contributed by atoms with Gasteiger partial charge in [-0.15, -0.1) is 5.10 Å². The quantitative estimate of drug-likeness (QED) is 0.104. The molecule has 0 amide bonds. The molecule has 1 unspecified atom stereocenters. The third-order valence-corrected chi connectivity index (χ3v) is 8.58. The molecule has 0 spiro atoms. The molecule has 15 heteroatoms. The van der Waals surface area contributed by atoms with Crippen molar-refractivity contribution in [1.82, 2.24) is 30.0 Å². The predicted molar refractivity (Wildman–Crippen MR) is 180 cm³/mol. The molecule has 1 saturated heterocycles. The second-order valence-corrected chi connectivity index (χ2v) is 12.5. The number of nitrogens with zero attached hydrogens (tertiary/aromatic N) is 6. The molecular weight excluding hydrogens is 636 g/mol. The van der Waals surface area contributed by atoms with Gasteiger partial charge in [-0.3, -0.25) is 15.0 Å². The van der Waals surface area contributed by atoms with E-state index in [0.717, 1.165) is 50.7 Å². The fraction of sp³-hybridized carbons (Fsp3) is 0.559. The molecule has 0 bridgehead atoms. The van der Waals surface area contributed by atoms with Crippen LogP contribution in [0.25, 0.3) is 11.1 Å². The highest BCUT2D eigenvalue weighted by atomic mass is 19.3. The normalized spacial score (nSPS) is 21.9. The minimum absolute atomic E-state index is 0.00239. The molecular formula is C34H45F2N9O4. The molecule has 3 N–H and O–H groups in total. The van der Waals surface area contributed by atoms with Crippen molar-refractivity contribution in [2.75, 3.05) is 44.8 Å². The summed E-state index contributed by atoms with van der Waals surface area (Å²) in [7, 11) is 0. The number of hydrogen-bond acceptors (Lipinski definition) is 11. The molecule has 1 aliphatic carbocycles. The lowest BCUT2D eigenvalue weighted by Crippen LogP contribution is -2.51. The second kappa shape index (κ2) is 17.3. The molecule has 1 aromatic carbocycles. The highest BCUT2D eigenvalue weighted by molar-refractivity contribution is 5.67. The SMILES string of the molecule is CC1CN([C@H]2CC[C@H](n3cc(Nc4ncc(-c5ccc(C#N)c(O[C@@H](C)CNC=N)c5)cn4)c(OCCOCC(F)F)n3)CC2)C[C@H](C)O1. The third kappa shape index (κ3) is 10.1. The van der Waals surface area contributed by atoms with Crippen molar-refractivity contribution < 1.29 is 27.7 Å². The summed E-state index contributed by atoms with van der Waals surface area (Å²) in [6, 6.07) is 8.11. The number of halogens is 2. The Morgan fingerprint density at radius 3 is 2.47 bits per heavy atom. The molecule has 13 nitrogen and oxygen atoms in total. The summed E-state index contributed by atoms with van der Waals surface area (Å²) in [5.74, 6) is 1.06. The van der Waals surface area contributed by atoms with Gasteiger partial charge in [0.1, 0.15) is 36.8 Å². The first-order valence-electron chi connectivity index (χ1n) is 16.7. The van der Waals surface area contributed by atoms with E-state index in [1.807, 2.05) is 17.8 Å². The Kier molecular flexibility index (Phi) is 12.7. The first kappa shape index (κ1) is 35.9. The maximum absolute atomic E-state index is 12.5. The lowest BCUT2D eigenvalue weighted by Gasteiger charge is -2.42. The summed E-state index contributed by atoms with van der Waals surface area (Å²) in [6.07, 6.45) is 7.98. The van der Waals surface area contributed by atoms with Gasteiger partial charge >= 0.3 is 0 Å². The Morgan fingerprint density at radius 2 is 1.80 bits per heavy atom. The molecule has 1 aliphatic heterocycles. The summed E-state index contributed by atoms with van der Waals surface area (Å²) in [5, 5.41) is 27.5. The van der Waals surface area contributed by atoms with Gasteiger partial charge in [0.2, 0.25) is 5.95 Å². The average molecular weight is 682 g/mol. The number of hydrogen-bond donors (Lipinski definition) is 3. The minimum Gasteiger partial charge on any atom is -0.487 e. The van der Waals surface area contributed by atoms with Crippen molar-refractivity contribution in [3.63, 3.8) is 0 Å². The Labute approximate surface area is 285 Å². The van der Waals surface area contributed by atoms with E-state index < -0.39 is 13.0 Å². The maximum Gasteiger partial charge on any atom is 0.261 e. The molecule has 49 heavy (non-hydrogen) atoms. The summed E-state index contributed by atoms with van der Waals surface area (Å²) in [5.41, 5.74) is 2.44. The van der Waals surface area contributed by atoms with Crippen LogP contribution in [-0.2, 0) is 9.47 Å². The number of ether oxygens (including phenoxy) is 4. The molecule has 2 aliphatic rings. The van der Waals surface area contributed by atoms with Crippen LogP contribution in [-0.4, -0.2) is 101 Å². The average Bonchev–Trinajstić information content (AvgIpc) is 3.49. The van der Waals surface area contributed by atoms with E-state index in [0.29, 0.717) is 47.0 Å². The van der Waals surface area contributed by atoms with Gasteiger partial charge in [-0.25, -0.2) is 18.7 Å². The van der Waals surface area contributed by atoms with Gasteiger partial charge < -0.3 is 29.6 Å². The van der Waals surface area contributed by atoms with Gasteiger partial charge in [0.05, 0.1) is 49.5 Å². The van der Waals surface area contributed by atoms with Crippen LogP contribution in [0.3, 0.4) is 0 Å². The second-order valence-electron chi connectivity index (χ2n) is 12.5. The summed E-state index contributed by atoms with van der Waals surface area (Å²) >= 11 is 0. The van der Waals surface area contributed by atoms with Crippen molar-refractivity contribution in [3.05, 3.63) is 42.4 Å². The molecule has 1 saturated carbocycles. The third-order valence-electron chi connectivity index (χ3n) is 8.58. The van der Waals surface area contributed by atoms with Gasteiger partial charge in [-0.1, -0.05) is 6.07 Å². The number of morpholine rings is 1. The zero-order valence-electron chi connectivity index (χ0n) is 28.1. The molecule has 0 radical (unpaired) electrons. The van der Waals surface area contributed by atoms with Crippen molar-refractivity contribution in [2.45, 2.75) is 83.3 Å². The molecule has 5 rings (SSSR count). The summed E-state index contributed by atoms with van der Waals surface area (Å²) in [6.45, 7) is 7.82. The highest BCUT2D eigenvalue weighted by Crippen LogP contribution is 2.35. The van der Waals surface area contributed by atoms with Gasteiger partial charge in [0, 0.05) is 37.1 Å². The number of anilines is 2. The molecule has 2 fully saturated rings. The largest absolute Gasteiger partial charge is 0.487 e. The van der Waals surface area contributed by atoms with Crippen LogP contribution in [0.1, 0.15) is 58.1 Å². The Balaban J connectivity index is 1.27. The smallest absolute Gasteiger partial charge is 0.261 e. The number of nitriles is 1. The van der Waals surface area contributed by atoms with Gasteiger partial charge in [0.15, 0.2) is 0 Å². The fourth-order valence-electron chi connectivity index (χ4n) is 6.37. The topological polar surface area (TPSA) is 155 Å². The van der Waals surface area contributed by atoms with E-state index in [-0.39, 0.29) is 37.6 Å².